The van der Waals surface area contributed by atoms with Crippen LogP contribution in [0.25, 0.3) is 11.0 Å². The van der Waals surface area contributed by atoms with Crippen LogP contribution in [0.4, 0.5) is 5.82 Å². The van der Waals surface area contributed by atoms with Crippen LogP contribution in [0.1, 0.15) is 5.82 Å². The molecule has 1 aliphatic heterocycles. The van der Waals surface area contributed by atoms with Crippen LogP contribution in [0.15, 0.2) is 12.3 Å². The van der Waals surface area contributed by atoms with E-state index in [-0.39, 0.29) is 12.5 Å². The number of aliphatic hydroxyl groups is 1. The average molecular weight is 301 g/mol. The van der Waals surface area contributed by atoms with Crippen LogP contribution in [0, 0.1) is 24.7 Å². The molecule has 1 aliphatic carbocycles. The van der Waals surface area contributed by atoms with E-state index in [2.05, 4.69) is 20.3 Å². The molecular formula is C15H19N5O2. The van der Waals surface area contributed by atoms with Crippen molar-refractivity contribution in [2.75, 3.05) is 31.6 Å². The summed E-state index contributed by atoms with van der Waals surface area (Å²) in [5, 5.41) is 13.3. The summed E-state index contributed by atoms with van der Waals surface area (Å²) in [6.45, 7) is 3.93. The summed E-state index contributed by atoms with van der Waals surface area (Å²) < 4.78 is 0. The van der Waals surface area contributed by atoms with E-state index in [0.717, 1.165) is 42.3 Å². The normalized spacial score (nSPS) is 26.3. The zero-order chi connectivity index (χ0) is 15.3. The molecule has 3 heterocycles. The van der Waals surface area contributed by atoms with Crippen LogP contribution in [0.3, 0.4) is 0 Å². The van der Waals surface area contributed by atoms with Gasteiger partial charge in [-0.2, -0.15) is 0 Å². The first-order valence-electron chi connectivity index (χ1n) is 7.61. The number of hydrogen-bond acceptors (Lipinski definition) is 5. The number of carbonyl (C=O) groups is 1. The number of aromatic amines is 1. The number of amides is 1. The van der Waals surface area contributed by atoms with E-state index < -0.39 is 0 Å². The second kappa shape index (κ2) is 4.95. The van der Waals surface area contributed by atoms with Gasteiger partial charge in [-0.25, -0.2) is 9.97 Å². The number of piperidine rings is 1. The number of nitrogens with one attached hydrogen (secondary N) is 2. The minimum absolute atomic E-state index is 0.153. The highest BCUT2D eigenvalue weighted by Gasteiger charge is 2.56. The van der Waals surface area contributed by atoms with Gasteiger partial charge in [0, 0.05) is 25.8 Å². The molecule has 7 nitrogen and oxygen atoms in total. The average Bonchev–Trinajstić information content (AvgIpc) is 2.89. The largest absolute Gasteiger partial charge is 0.387 e. The molecule has 2 aromatic heterocycles. The number of anilines is 1. The van der Waals surface area contributed by atoms with Gasteiger partial charge >= 0.3 is 0 Å². The molecule has 2 aromatic rings. The first-order valence-corrected chi connectivity index (χ1v) is 7.61. The van der Waals surface area contributed by atoms with Crippen molar-refractivity contribution in [3.8, 4) is 0 Å². The van der Waals surface area contributed by atoms with E-state index in [4.69, 9.17) is 5.11 Å². The van der Waals surface area contributed by atoms with E-state index in [1.807, 2.05) is 19.2 Å². The van der Waals surface area contributed by atoms with Gasteiger partial charge in [0.1, 0.15) is 23.9 Å². The van der Waals surface area contributed by atoms with E-state index in [9.17, 15) is 4.79 Å². The number of hydrogen-bond donors (Lipinski definition) is 3. The summed E-state index contributed by atoms with van der Waals surface area (Å²) in [6.07, 6.45) is 1.87. The van der Waals surface area contributed by atoms with Crippen LogP contribution in [0.2, 0.25) is 0 Å². The smallest absolute Gasteiger partial charge is 0.248 e. The van der Waals surface area contributed by atoms with Crippen LogP contribution in [-0.4, -0.2) is 57.1 Å². The molecule has 3 N–H and O–H groups in total. The lowest BCUT2D eigenvalue weighted by atomic mass is 10.2. The molecule has 1 saturated carbocycles. The molecule has 0 aromatic carbocycles. The van der Waals surface area contributed by atoms with E-state index in [1.54, 1.807) is 4.90 Å². The third-order valence-corrected chi connectivity index (χ3v) is 4.89. The minimum Gasteiger partial charge on any atom is -0.387 e. The monoisotopic (exact) mass is 301 g/mol. The summed E-state index contributed by atoms with van der Waals surface area (Å²) in [6, 6.07) is 1.98. The molecule has 0 radical (unpaired) electrons. The Bertz CT molecular complexity index is 716. The number of likely N-dealkylation sites (tertiary alicyclic amines) is 1. The van der Waals surface area contributed by atoms with Gasteiger partial charge < -0.3 is 20.3 Å². The van der Waals surface area contributed by atoms with Gasteiger partial charge in [-0.1, -0.05) is 0 Å². The number of rotatable bonds is 4. The Kier molecular flexibility index (Phi) is 3.04. The maximum Gasteiger partial charge on any atom is 0.248 e. The van der Waals surface area contributed by atoms with Crippen molar-refractivity contribution in [2.24, 2.45) is 17.8 Å². The molecule has 0 bridgehead atoms. The van der Waals surface area contributed by atoms with Crippen LogP contribution in [0.5, 0.6) is 0 Å². The molecule has 1 unspecified atom stereocenters. The predicted octanol–water partition coefficient (Wildman–Crippen LogP) is 0.375. The Hall–Kier alpha value is -2.15. The van der Waals surface area contributed by atoms with E-state index >= 15 is 0 Å². The summed E-state index contributed by atoms with van der Waals surface area (Å²) in [5.41, 5.74) is 0.853. The van der Waals surface area contributed by atoms with Gasteiger partial charge in [0.05, 0.1) is 5.39 Å². The Morgan fingerprint density at radius 1 is 1.45 bits per heavy atom. The second-order valence-corrected chi connectivity index (χ2v) is 6.19. The molecule has 2 fully saturated rings. The third kappa shape index (κ3) is 2.12. The lowest BCUT2D eigenvalue weighted by Crippen LogP contribution is -2.34. The van der Waals surface area contributed by atoms with Crippen molar-refractivity contribution < 1.29 is 9.90 Å². The molecule has 7 heteroatoms. The Balaban J connectivity index is 1.39. The van der Waals surface area contributed by atoms with Gasteiger partial charge in [0.25, 0.3) is 0 Å². The van der Waals surface area contributed by atoms with Crippen LogP contribution in [-0.2, 0) is 4.79 Å². The van der Waals surface area contributed by atoms with E-state index in [1.165, 1.54) is 0 Å². The molecule has 1 saturated heterocycles. The van der Waals surface area contributed by atoms with Gasteiger partial charge in [-0.15, -0.1) is 0 Å². The molecule has 0 spiro atoms. The maximum atomic E-state index is 11.5. The maximum absolute atomic E-state index is 11.5. The Labute approximate surface area is 127 Å². The standard InChI is InChI=1S/C15H19N5O2/c1-8-18-14-9(2-3-16-14)15(19-8)17-4-10-11-5-20(6-12(10)11)13(22)7-21/h2-3,10-12,21H,4-7H2,1H3,(H2,16,17,18,19)/t10?,11-,12+. The second-order valence-electron chi connectivity index (χ2n) is 6.19. The fourth-order valence-electron chi connectivity index (χ4n) is 3.66. The number of nitrogens with zero attached hydrogens (tertiary/aromatic N) is 3. The zero-order valence-corrected chi connectivity index (χ0v) is 12.4. The third-order valence-electron chi connectivity index (χ3n) is 4.89. The highest BCUT2D eigenvalue weighted by atomic mass is 16.3. The Morgan fingerprint density at radius 3 is 2.95 bits per heavy atom. The summed E-state index contributed by atoms with van der Waals surface area (Å²) in [5.74, 6) is 3.18. The molecule has 2 aliphatic rings. The van der Waals surface area contributed by atoms with Gasteiger partial charge in [-0.3, -0.25) is 4.79 Å². The molecule has 1 amide bonds. The first kappa shape index (κ1) is 13.5. The lowest BCUT2D eigenvalue weighted by molar-refractivity contribution is -0.133. The quantitative estimate of drug-likeness (QED) is 0.759. The van der Waals surface area contributed by atoms with Crippen molar-refractivity contribution >= 4 is 22.8 Å². The SMILES string of the molecule is Cc1nc(NCC2[C@H]3CN(C(=O)CO)C[C@@H]23)c2cc[nH]c2n1. The molecule has 4 rings (SSSR count). The fraction of sp³-hybridized carbons (Fsp3) is 0.533. The number of aliphatic hydroxyl groups excluding tert-OH is 1. The Morgan fingerprint density at radius 2 is 2.23 bits per heavy atom. The fourth-order valence-corrected chi connectivity index (χ4v) is 3.66. The van der Waals surface area contributed by atoms with Crippen molar-refractivity contribution in [3.63, 3.8) is 0 Å². The molecule has 3 atom stereocenters. The zero-order valence-electron chi connectivity index (χ0n) is 12.4. The predicted molar refractivity (Wildman–Crippen MR) is 81.3 cm³/mol. The molecule has 22 heavy (non-hydrogen) atoms. The summed E-state index contributed by atoms with van der Waals surface area (Å²) >= 11 is 0. The van der Waals surface area contributed by atoms with Crippen molar-refractivity contribution in [2.45, 2.75) is 6.92 Å². The highest BCUT2D eigenvalue weighted by Crippen LogP contribution is 2.51. The minimum atomic E-state index is -0.381. The number of aryl methyl sites for hydroxylation is 1. The molecule has 116 valence electrons. The number of H-pyrrole nitrogens is 1. The summed E-state index contributed by atoms with van der Waals surface area (Å²) in [4.78, 5) is 25.2. The highest BCUT2D eigenvalue weighted by molar-refractivity contribution is 5.87. The lowest BCUT2D eigenvalue weighted by Gasteiger charge is -2.19. The van der Waals surface area contributed by atoms with Crippen molar-refractivity contribution in [3.05, 3.63) is 18.1 Å². The number of aromatic nitrogens is 3. The van der Waals surface area contributed by atoms with Gasteiger partial charge in [0.2, 0.25) is 5.91 Å². The van der Waals surface area contributed by atoms with Crippen molar-refractivity contribution in [1.82, 2.24) is 19.9 Å². The van der Waals surface area contributed by atoms with Gasteiger partial charge in [0.15, 0.2) is 0 Å². The van der Waals surface area contributed by atoms with Crippen LogP contribution >= 0.6 is 0 Å². The topological polar surface area (TPSA) is 94.1 Å². The summed E-state index contributed by atoms with van der Waals surface area (Å²) in [7, 11) is 0. The van der Waals surface area contributed by atoms with E-state index in [0.29, 0.717) is 17.8 Å². The van der Waals surface area contributed by atoms with Gasteiger partial charge in [-0.05, 0) is 30.7 Å². The number of fused-ring (bicyclic) bond motifs is 2. The van der Waals surface area contributed by atoms with Crippen molar-refractivity contribution in [1.29, 1.82) is 0 Å². The number of carbonyl (C=O) groups excluding carboxylic acids is 1. The first-order chi connectivity index (χ1) is 10.7. The molecular weight excluding hydrogens is 282 g/mol. The van der Waals surface area contributed by atoms with Crippen LogP contribution < -0.4 is 5.32 Å².